The molecule has 0 aliphatic rings. The van der Waals surface area contributed by atoms with E-state index in [1.54, 1.807) is 6.20 Å². The Morgan fingerprint density at radius 3 is 2.76 bits per heavy atom. The number of carboxylic acids is 1. The van der Waals surface area contributed by atoms with Crippen LogP contribution in [0.25, 0.3) is 5.82 Å². The lowest BCUT2D eigenvalue weighted by Gasteiger charge is -2.08. The third-order valence-corrected chi connectivity index (χ3v) is 2.76. The molecule has 0 fully saturated rings. The molecule has 0 bridgehead atoms. The Morgan fingerprint density at radius 2 is 2.18 bits per heavy atom. The fourth-order valence-electron chi connectivity index (χ4n) is 2.01. The lowest BCUT2D eigenvalue weighted by Crippen LogP contribution is -2.04. The number of aryl methyl sites for hydroxylation is 1. The van der Waals surface area contributed by atoms with E-state index in [2.05, 4.69) is 4.98 Å². The number of carbonyl (C=O) groups is 1. The fraction of sp³-hybridized carbons (Fsp3) is 0.231. The van der Waals surface area contributed by atoms with E-state index in [-0.39, 0.29) is 6.42 Å². The van der Waals surface area contributed by atoms with Crippen LogP contribution in [0.3, 0.4) is 0 Å². The predicted octanol–water partition coefficient (Wildman–Crippen LogP) is 2.12. The molecular formula is C13H14N2O2. The molecule has 0 unspecified atom stereocenters. The van der Waals surface area contributed by atoms with E-state index in [1.807, 2.05) is 42.7 Å². The van der Waals surface area contributed by atoms with E-state index >= 15 is 0 Å². The van der Waals surface area contributed by atoms with E-state index in [9.17, 15) is 4.79 Å². The van der Waals surface area contributed by atoms with Gasteiger partial charge in [0.2, 0.25) is 0 Å². The van der Waals surface area contributed by atoms with Gasteiger partial charge in [0, 0.05) is 17.6 Å². The third-order valence-electron chi connectivity index (χ3n) is 2.76. The number of nitrogens with zero attached hydrogens (tertiary/aromatic N) is 2. The van der Waals surface area contributed by atoms with E-state index in [0.717, 1.165) is 22.8 Å². The second-order valence-electron chi connectivity index (χ2n) is 3.99. The molecule has 2 aromatic heterocycles. The Labute approximate surface area is 99.5 Å². The van der Waals surface area contributed by atoms with Crippen molar-refractivity contribution in [3.63, 3.8) is 0 Å². The Balaban J connectivity index is 2.49. The average Bonchev–Trinajstić information content (AvgIpc) is 2.54. The second kappa shape index (κ2) is 4.41. The van der Waals surface area contributed by atoms with Crippen molar-refractivity contribution in [2.45, 2.75) is 20.3 Å². The van der Waals surface area contributed by atoms with Gasteiger partial charge in [-0.1, -0.05) is 6.07 Å². The topological polar surface area (TPSA) is 55.1 Å². The van der Waals surface area contributed by atoms with Gasteiger partial charge in [0.1, 0.15) is 5.82 Å². The van der Waals surface area contributed by atoms with Gasteiger partial charge in [-0.3, -0.25) is 4.79 Å². The summed E-state index contributed by atoms with van der Waals surface area (Å²) in [5, 5.41) is 8.84. The molecule has 0 radical (unpaired) electrons. The molecule has 0 saturated carbocycles. The molecule has 2 aromatic rings. The summed E-state index contributed by atoms with van der Waals surface area (Å²) in [5.74, 6) is 0.00501. The Kier molecular flexibility index (Phi) is 2.95. The summed E-state index contributed by atoms with van der Waals surface area (Å²) in [7, 11) is 0. The largest absolute Gasteiger partial charge is 0.481 e. The van der Waals surface area contributed by atoms with Crippen LogP contribution in [0.4, 0.5) is 0 Å². The maximum absolute atomic E-state index is 10.8. The molecule has 4 nitrogen and oxygen atoms in total. The molecule has 2 rings (SSSR count). The highest BCUT2D eigenvalue weighted by atomic mass is 16.4. The summed E-state index contributed by atoms with van der Waals surface area (Å²) in [6.45, 7) is 3.87. The molecular weight excluding hydrogens is 216 g/mol. The normalized spacial score (nSPS) is 10.5. The highest BCUT2D eigenvalue weighted by Gasteiger charge is 2.13. The lowest BCUT2D eigenvalue weighted by molar-refractivity contribution is -0.136. The Hall–Kier alpha value is -2.10. The minimum Gasteiger partial charge on any atom is -0.481 e. The number of aromatic nitrogens is 2. The third kappa shape index (κ3) is 2.20. The summed E-state index contributed by atoms with van der Waals surface area (Å²) in [4.78, 5) is 15.0. The summed E-state index contributed by atoms with van der Waals surface area (Å²) >= 11 is 0. The molecule has 17 heavy (non-hydrogen) atoms. The maximum Gasteiger partial charge on any atom is 0.307 e. The number of aliphatic carboxylic acids is 1. The van der Waals surface area contributed by atoms with Crippen molar-refractivity contribution in [2.24, 2.45) is 0 Å². The first-order valence-electron chi connectivity index (χ1n) is 5.40. The first-order chi connectivity index (χ1) is 8.09. The van der Waals surface area contributed by atoms with E-state index < -0.39 is 5.97 Å². The predicted molar refractivity (Wildman–Crippen MR) is 64.4 cm³/mol. The van der Waals surface area contributed by atoms with Gasteiger partial charge in [0.05, 0.1) is 6.42 Å². The van der Waals surface area contributed by atoms with Crippen LogP contribution in [0.5, 0.6) is 0 Å². The molecule has 4 heteroatoms. The SMILES string of the molecule is Cc1cc(CC(=O)O)c(C)n1-c1ccccn1. The Bertz CT molecular complexity index is 544. The van der Waals surface area contributed by atoms with Gasteiger partial charge < -0.3 is 9.67 Å². The maximum atomic E-state index is 10.8. The van der Waals surface area contributed by atoms with Crippen molar-refractivity contribution in [3.05, 3.63) is 47.4 Å². The quantitative estimate of drug-likeness (QED) is 0.878. The lowest BCUT2D eigenvalue weighted by atomic mass is 10.2. The van der Waals surface area contributed by atoms with E-state index in [4.69, 9.17) is 5.11 Å². The van der Waals surface area contributed by atoms with Crippen LogP contribution in [0.15, 0.2) is 30.5 Å². The van der Waals surface area contributed by atoms with Crippen molar-refractivity contribution in [2.75, 3.05) is 0 Å². The molecule has 0 atom stereocenters. The number of hydrogen-bond donors (Lipinski definition) is 1. The summed E-state index contributed by atoms with van der Waals surface area (Å²) in [6.07, 6.45) is 1.78. The van der Waals surface area contributed by atoms with Crippen LogP contribution in [0, 0.1) is 13.8 Å². The van der Waals surface area contributed by atoms with Crippen LogP contribution >= 0.6 is 0 Å². The van der Waals surface area contributed by atoms with Gasteiger partial charge in [0.15, 0.2) is 0 Å². The molecule has 0 spiro atoms. The number of pyridine rings is 1. The van der Waals surface area contributed by atoms with Gasteiger partial charge in [0.25, 0.3) is 0 Å². The van der Waals surface area contributed by atoms with Crippen LogP contribution in [-0.2, 0) is 11.2 Å². The summed E-state index contributed by atoms with van der Waals surface area (Å²) in [5.41, 5.74) is 2.77. The smallest absolute Gasteiger partial charge is 0.307 e. The van der Waals surface area contributed by atoms with Gasteiger partial charge in [-0.05, 0) is 37.6 Å². The molecule has 2 heterocycles. The molecule has 0 saturated heterocycles. The molecule has 0 aliphatic heterocycles. The van der Waals surface area contributed by atoms with Crippen molar-refractivity contribution in [1.29, 1.82) is 0 Å². The van der Waals surface area contributed by atoms with Crippen molar-refractivity contribution < 1.29 is 9.90 Å². The van der Waals surface area contributed by atoms with Gasteiger partial charge in [-0.2, -0.15) is 0 Å². The highest BCUT2D eigenvalue weighted by molar-refractivity contribution is 5.70. The standard InChI is InChI=1S/C13H14N2O2/c1-9-7-11(8-13(16)17)10(2)15(9)12-5-3-4-6-14-12/h3-7H,8H2,1-2H3,(H,16,17). The molecule has 0 aliphatic carbocycles. The first kappa shape index (κ1) is 11.4. The van der Waals surface area contributed by atoms with Gasteiger partial charge in [-0.25, -0.2) is 4.98 Å². The van der Waals surface area contributed by atoms with Crippen LogP contribution in [0.1, 0.15) is 17.0 Å². The van der Waals surface area contributed by atoms with Crippen molar-refractivity contribution in [1.82, 2.24) is 9.55 Å². The number of carboxylic acid groups (broad SMARTS) is 1. The summed E-state index contributed by atoms with van der Waals surface area (Å²) in [6, 6.07) is 7.58. The first-order valence-corrected chi connectivity index (χ1v) is 5.40. The van der Waals surface area contributed by atoms with Gasteiger partial charge >= 0.3 is 5.97 Å². The zero-order chi connectivity index (χ0) is 12.4. The fourth-order valence-corrected chi connectivity index (χ4v) is 2.01. The second-order valence-corrected chi connectivity index (χ2v) is 3.99. The number of rotatable bonds is 3. The highest BCUT2D eigenvalue weighted by Crippen LogP contribution is 2.19. The molecule has 1 N–H and O–H groups in total. The van der Waals surface area contributed by atoms with Crippen LogP contribution in [-0.4, -0.2) is 20.6 Å². The minimum atomic E-state index is -0.814. The van der Waals surface area contributed by atoms with Crippen molar-refractivity contribution in [3.8, 4) is 5.82 Å². The van der Waals surface area contributed by atoms with Crippen LogP contribution in [0.2, 0.25) is 0 Å². The zero-order valence-corrected chi connectivity index (χ0v) is 9.84. The molecule has 0 aromatic carbocycles. The minimum absolute atomic E-state index is 0.0481. The monoisotopic (exact) mass is 230 g/mol. The number of hydrogen-bond acceptors (Lipinski definition) is 2. The molecule has 0 amide bonds. The average molecular weight is 230 g/mol. The van der Waals surface area contributed by atoms with Gasteiger partial charge in [-0.15, -0.1) is 0 Å². The zero-order valence-electron chi connectivity index (χ0n) is 9.84. The molecule has 88 valence electrons. The summed E-state index contributed by atoms with van der Waals surface area (Å²) < 4.78 is 1.97. The Morgan fingerprint density at radius 1 is 1.41 bits per heavy atom. The van der Waals surface area contributed by atoms with Crippen LogP contribution < -0.4 is 0 Å². The van der Waals surface area contributed by atoms with Crippen molar-refractivity contribution >= 4 is 5.97 Å². The van der Waals surface area contributed by atoms with E-state index in [1.165, 1.54) is 0 Å². The van der Waals surface area contributed by atoms with E-state index in [0.29, 0.717) is 0 Å².